The average Bonchev–Trinajstić information content (AvgIpc) is 2.84. The van der Waals surface area contributed by atoms with Gasteiger partial charge >= 0.3 is 5.97 Å². The van der Waals surface area contributed by atoms with Gasteiger partial charge in [-0.3, -0.25) is 4.79 Å². The number of ether oxygens (including phenoxy) is 1. The third-order valence-corrected chi connectivity index (χ3v) is 4.34. The molecule has 0 unspecified atom stereocenters. The third kappa shape index (κ3) is 4.18. The van der Waals surface area contributed by atoms with Crippen molar-refractivity contribution in [2.75, 3.05) is 12.9 Å². The number of carbonyl (C=O) groups is 1. The topological polar surface area (TPSA) is 44.1 Å². The van der Waals surface area contributed by atoms with Crippen LogP contribution in [0, 0.1) is 0 Å². The molecule has 22 heavy (non-hydrogen) atoms. The SMILES string of the molecule is CCOC(=O)Cn1c(Cc2ccc(Cl)cc2Cl)cnc1SC. The maximum atomic E-state index is 11.8. The summed E-state index contributed by atoms with van der Waals surface area (Å²) in [4.78, 5) is 16.1. The molecule has 0 radical (unpaired) electrons. The number of nitrogens with zero attached hydrogens (tertiary/aromatic N) is 2. The van der Waals surface area contributed by atoms with E-state index in [0.717, 1.165) is 16.4 Å². The van der Waals surface area contributed by atoms with Crippen LogP contribution in [-0.4, -0.2) is 28.4 Å². The van der Waals surface area contributed by atoms with E-state index in [2.05, 4.69) is 4.98 Å². The molecule has 2 aromatic rings. The number of benzene rings is 1. The largest absolute Gasteiger partial charge is 0.465 e. The fourth-order valence-electron chi connectivity index (χ4n) is 2.06. The summed E-state index contributed by atoms with van der Waals surface area (Å²) in [5, 5.41) is 1.97. The molecule has 1 heterocycles. The van der Waals surface area contributed by atoms with Crippen LogP contribution in [0.15, 0.2) is 29.6 Å². The van der Waals surface area contributed by atoms with Crippen molar-refractivity contribution in [1.82, 2.24) is 9.55 Å². The monoisotopic (exact) mass is 358 g/mol. The molecular weight excluding hydrogens is 343 g/mol. The lowest BCUT2D eigenvalue weighted by atomic mass is 10.1. The molecule has 0 amide bonds. The Labute approximate surface area is 143 Å². The molecule has 1 aromatic carbocycles. The van der Waals surface area contributed by atoms with Gasteiger partial charge in [0.1, 0.15) is 6.54 Å². The van der Waals surface area contributed by atoms with E-state index in [4.69, 9.17) is 27.9 Å². The molecule has 2 rings (SSSR count). The van der Waals surface area contributed by atoms with Gasteiger partial charge in [-0.15, -0.1) is 0 Å². The zero-order chi connectivity index (χ0) is 16.1. The highest BCUT2D eigenvalue weighted by Gasteiger charge is 2.15. The van der Waals surface area contributed by atoms with Gasteiger partial charge in [-0.05, 0) is 30.9 Å². The first-order valence-electron chi connectivity index (χ1n) is 6.73. The summed E-state index contributed by atoms with van der Waals surface area (Å²) in [6.07, 6.45) is 4.25. The molecule has 0 bridgehead atoms. The molecule has 0 aliphatic heterocycles. The molecule has 0 saturated carbocycles. The van der Waals surface area contributed by atoms with Crippen LogP contribution < -0.4 is 0 Å². The Morgan fingerprint density at radius 3 is 2.82 bits per heavy atom. The van der Waals surface area contributed by atoms with Gasteiger partial charge < -0.3 is 9.30 Å². The van der Waals surface area contributed by atoms with Crippen molar-refractivity contribution in [3.05, 3.63) is 45.7 Å². The van der Waals surface area contributed by atoms with Crippen molar-refractivity contribution in [2.45, 2.75) is 25.0 Å². The van der Waals surface area contributed by atoms with Gasteiger partial charge in [0.15, 0.2) is 5.16 Å². The van der Waals surface area contributed by atoms with Crippen molar-refractivity contribution in [1.29, 1.82) is 0 Å². The van der Waals surface area contributed by atoms with Crippen LogP contribution in [0.2, 0.25) is 10.0 Å². The number of hydrogen-bond donors (Lipinski definition) is 0. The molecule has 4 nitrogen and oxygen atoms in total. The third-order valence-electron chi connectivity index (χ3n) is 3.06. The molecule has 0 saturated heterocycles. The van der Waals surface area contributed by atoms with Gasteiger partial charge in [0.05, 0.1) is 6.61 Å². The maximum Gasteiger partial charge on any atom is 0.326 e. The number of carbonyl (C=O) groups excluding carboxylic acids is 1. The predicted octanol–water partition coefficient (Wildman–Crippen LogP) is 4.07. The minimum atomic E-state index is -0.278. The zero-order valence-electron chi connectivity index (χ0n) is 12.3. The number of thioether (sulfide) groups is 1. The minimum absolute atomic E-state index is 0.143. The maximum absolute atomic E-state index is 11.8. The summed E-state index contributed by atoms with van der Waals surface area (Å²) in [6.45, 7) is 2.29. The van der Waals surface area contributed by atoms with Gasteiger partial charge in [0, 0.05) is 28.4 Å². The first kappa shape index (κ1) is 17.2. The summed E-state index contributed by atoms with van der Waals surface area (Å²) < 4.78 is 6.87. The molecule has 0 aliphatic rings. The fraction of sp³-hybridized carbons (Fsp3) is 0.333. The van der Waals surface area contributed by atoms with E-state index in [0.29, 0.717) is 23.1 Å². The summed E-state index contributed by atoms with van der Waals surface area (Å²) in [5.41, 5.74) is 1.84. The average molecular weight is 359 g/mol. The van der Waals surface area contributed by atoms with E-state index in [1.807, 2.05) is 16.9 Å². The molecule has 0 spiro atoms. The van der Waals surface area contributed by atoms with Crippen molar-refractivity contribution < 1.29 is 9.53 Å². The van der Waals surface area contributed by atoms with Crippen LogP contribution in [0.5, 0.6) is 0 Å². The minimum Gasteiger partial charge on any atom is -0.465 e. The van der Waals surface area contributed by atoms with E-state index in [-0.39, 0.29) is 12.5 Å². The van der Waals surface area contributed by atoms with Gasteiger partial charge in [0.25, 0.3) is 0 Å². The second-order valence-electron chi connectivity index (χ2n) is 4.54. The predicted molar refractivity (Wildman–Crippen MR) is 89.9 cm³/mol. The first-order chi connectivity index (χ1) is 10.5. The van der Waals surface area contributed by atoms with E-state index in [1.54, 1.807) is 25.3 Å². The lowest BCUT2D eigenvalue weighted by Gasteiger charge is -2.11. The van der Waals surface area contributed by atoms with Gasteiger partial charge in [-0.1, -0.05) is 41.0 Å². The summed E-state index contributed by atoms with van der Waals surface area (Å²) >= 11 is 13.6. The Kier molecular flexibility index (Phi) is 6.17. The lowest BCUT2D eigenvalue weighted by molar-refractivity contribution is -0.144. The highest BCUT2D eigenvalue weighted by atomic mass is 35.5. The second kappa shape index (κ2) is 7.90. The number of hydrogen-bond acceptors (Lipinski definition) is 4. The lowest BCUT2D eigenvalue weighted by Crippen LogP contribution is -2.16. The van der Waals surface area contributed by atoms with Crippen LogP contribution >= 0.6 is 35.0 Å². The molecular formula is C15H16Cl2N2O2S. The summed E-state index contributed by atoms with van der Waals surface area (Å²) in [7, 11) is 0. The molecule has 7 heteroatoms. The van der Waals surface area contributed by atoms with Crippen molar-refractivity contribution in [2.24, 2.45) is 0 Å². The number of rotatable bonds is 6. The number of aromatic nitrogens is 2. The van der Waals surface area contributed by atoms with Crippen LogP contribution in [0.3, 0.4) is 0 Å². The van der Waals surface area contributed by atoms with E-state index < -0.39 is 0 Å². The standard InChI is InChI=1S/C15H16Cl2N2O2S/c1-3-21-14(20)9-19-12(8-18-15(19)22-2)6-10-4-5-11(16)7-13(10)17/h4-5,7-8H,3,6,9H2,1-2H3. The van der Waals surface area contributed by atoms with Crippen molar-refractivity contribution >= 4 is 40.9 Å². The van der Waals surface area contributed by atoms with E-state index >= 15 is 0 Å². The molecule has 0 N–H and O–H groups in total. The Bertz CT molecular complexity index is 674. The number of esters is 1. The first-order valence-corrected chi connectivity index (χ1v) is 8.71. The van der Waals surface area contributed by atoms with Crippen molar-refractivity contribution in [3.63, 3.8) is 0 Å². The Hall–Kier alpha value is -1.17. The quantitative estimate of drug-likeness (QED) is 0.576. The van der Waals surface area contributed by atoms with E-state index in [9.17, 15) is 4.79 Å². The smallest absolute Gasteiger partial charge is 0.326 e. The zero-order valence-corrected chi connectivity index (χ0v) is 14.6. The normalized spacial score (nSPS) is 10.7. The Morgan fingerprint density at radius 2 is 2.18 bits per heavy atom. The highest BCUT2D eigenvalue weighted by Crippen LogP contribution is 2.25. The Balaban J connectivity index is 2.27. The summed E-state index contributed by atoms with van der Waals surface area (Å²) in [6, 6.07) is 5.38. The van der Waals surface area contributed by atoms with E-state index in [1.165, 1.54) is 11.8 Å². The molecule has 1 aromatic heterocycles. The molecule has 0 fully saturated rings. The van der Waals surface area contributed by atoms with Crippen molar-refractivity contribution in [3.8, 4) is 0 Å². The number of imidazole rings is 1. The molecule has 0 atom stereocenters. The molecule has 0 aliphatic carbocycles. The second-order valence-corrected chi connectivity index (χ2v) is 6.16. The van der Waals surface area contributed by atoms with Crippen LogP contribution in [0.4, 0.5) is 0 Å². The summed E-state index contributed by atoms with van der Waals surface area (Å²) in [5.74, 6) is -0.278. The van der Waals surface area contributed by atoms with Crippen LogP contribution in [0.1, 0.15) is 18.2 Å². The fourth-order valence-corrected chi connectivity index (χ4v) is 3.10. The highest BCUT2D eigenvalue weighted by molar-refractivity contribution is 7.98. The van der Waals surface area contributed by atoms with Crippen LogP contribution in [0.25, 0.3) is 0 Å². The van der Waals surface area contributed by atoms with Gasteiger partial charge in [-0.25, -0.2) is 4.98 Å². The van der Waals surface area contributed by atoms with Crippen LogP contribution in [-0.2, 0) is 22.5 Å². The van der Waals surface area contributed by atoms with Gasteiger partial charge in [0.2, 0.25) is 0 Å². The Morgan fingerprint density at radius 1 is 1.41 bits per heavy atom. The number of halogens is 2. The van der Waals surface area contributed by atoms with Gasteiger partial charge in [-0.2, -0.15) is 0 Å². The molecule has 118 valence electrons.